The first kappa shape index (κ1) is 18.3. The lowest BCUT2D eigenvalue weighted by Gasteiger charge is -2.49. The molecule has 2 heterocycles. The second kappa shape index (κ2) is 7.50. The van der Waals surface area contributed by atoms with Gasteiger partial charge in [0, 0.05) is 50.4 Å². The van der Waals surface area contributed by atoms with Crippen molar-refractivity contribution in [1.82, 2.24) is 14.7 Å². The zero-order valence-corrected chi connectivity index (χ0v) is 16.2. The number of hydrogen-bond donors (Lipinski definition) is 1. The maximum Gasteiger partial charge on any atom is 0.321 e. The van der Waals surface area contributed by atoms with Crippen molar-refractivity contribution in [3.05, 3.63) is 30.3 Å². The molecule has 6 nitrogen and oxygen atoms in total. The molecular formula is C21H30N4O2. The summed E-state index contributed by atoms with van der Waals surface area (Å²) < 4.78 is 0. The Bertz CT molecular complexity index is 691. The number of likely N-dealkylation sites (N-methyl/N-ethyl adjacent to an activating group) is 1. The Morgan fingerprint density at radius 3 is 2.67 bits per heavy atom. The van der Waals surface area contributed by atoms with Crippen LogP contribution in [0.3, 0.4) is 0 Å². The van der Waals surface area contributed by atoms with Crippen LogP contribution in [0.4, 0.5) is 10.5 Å². The molecular weight excluding hydrogens is 340 g/mol. The molecule has 27 heavy (non-hydrogen) atoms. The summed E-state index contributed by atoms with van der Waals surface area (Å²) in [4.78, 5) is 31.7. The van der Waals surface area contributed by atoms with Gasteiger partial charge in [-0.15, -0.1) is 0 Å². The molecule has 146 valence electrons. The van der Waals surface area contributed by atoms with Crippen molar-refractivity contribution in [2.24, 2.45) is 5.92 Å². The predicted molar refractivity (Wildman–Crippen MR) is 106 cm³/mol. The van der Waals surface area contributed by atoms with E-state index in [0.29, 0.717) is 13.0 Å². The SMILES string of the molecule is CN1CCN(C(=O)Nc2ccccc2)CC12CCC(=O)N(CC1CC1)CC2. The standard InChI is InChI=1S/C21H30N4O2/c1-23-13-14-25(20(27)22-18-5-3-2-4-6-18)16-21(23)10-9-19(26)24(12-11-21)15-17-7-8-17/h2-6,17H,7-16H2,1H3,(H,22,27). The van der Waals surface area contributed by atoms with Gasteiger partial charge in [-0.2, -0.15) is 0 Å². The molecule has 1 spiro atoms. The maximum absolute atomic E-state index is 12.8. The zero-order valence-electron chi connectivity index (χ0n) is 16.2. The average Bonchev–Trinajstić information content (AvgIpc) is 3.50. The Morgan fingerprint density at radius 2 is 1.93 bits per heavy atom. The highest BCUT2D eigenvalue weighted by Gasteiger charge is 2.43. The van der Waals surface area contributed by atoms with Crippen LogP contribution in [-0.2, 0) is 4.79 Å². The Hall–Kier alpha value is -2.08. The summed E-state index contributed by atoms with van der Waals surface area (Å²) in [6.07, 6.45) is 4.89. The van der Waals surface area contributed by atoms with Crippen molar-refractivity contribution in [3.8, 4) is 0 Å². The number of urea groups is 1. The van der Waals surface area contributed by atoms with E-state index in [9.17, 15) is 9.59 Å². The number of nitrogens with one attached hydrogen (secondary N) is 1. The van der Waals surface area contributed by atoms with Gasteiger partial charge in [-0.05, 0) is 50.8 Å². The monoisotopic (exact) mass is 370 g/mol. The highest BCUT2D eigenvalue weighted by molar-refractivity contribution is 5.89. The van der Waals surface area contributed by atoms with Crippen molar-refractivity contribution in [2.45, 2.75) is 37.6 Å². The molecule has 3 fully saturated rings. The number of carbonyl (C=O) groups excluding carboxylic acids is 2. The highest BCUT2D eigenvalue weighted by Crippen LogP contribution is 2.35. The minimum atomic E-state index is -0.0970. The number of anilines is 1. The van der Waals surface area contributed by atoms with E-state index in [4.69, 9.17) is 0 Å². The topological polar surface area (TPSA) is 55.9 Å². The molecule has 1 atom stereocenters. The van der Waals surface area contributed by atoms with E-state index in [1.54, 1.807) is 0 Å². The van der Waals surface area contributed by atoms with Gasteiger partial charge >= 0.3 is 6.03 Å². The van der Waals surface area contributed by atoms with Gasteiger partial charge in [0.15, 0.2) is 0 Å². The van der Waals surface area contributed by atoms with Gasteiger partial charge in [0.05, 0.1) is 0 Å². The third-order valence-electron chi connectivity index (χ3n) is 6.49. The van der Waals surface area contributed by atoms with Crippen LogP contribution in [-0.4, -0.2) is 71.9 Å². The lowest BCUT2D eigenvalue weighted by atomic mass is 9.86. The van der Waals surface area contributed by atoms with E-state index < -0.39 is 0 Å². The van der Waals surface area contributed by atoms with Gasteiger partial charge in [-0.3, -0.25) is 9.69 Å². The van der Waals surface area contributed by atoms with Crippen LogP contribution < -0.4 is 5.32 Å². The average molecular weight is 370 g/mol. The lowest BCUT2D eigenvalue weighted by molar-refractivity contribution is -0.130. The van der Waals surface area contributed by atoms with Crippen LogP contribution in [0, 0.1) is 5.92 Å². The number of para-hydroxylation sites is 1. The minimum absolute atomic E-state index is 0.0425. The van der Waals surface area contributed by atoms with Crippen LogP contribution >= 0.6 is 0 Å². The fraction of sp³-hybridized carbons (Fsp3) is 0.619. The van der Waals surface area contributed by atoms with Gasteiger partial charge < -0.3 is 15.1 Å². The van der Waals surface area contributed by atoms with Gasteiger partial charge in [0.1, 0.15) is 0 Å². The van der Waals surface area contributed by atoms with Crippen molar-refractivity contribution in [2.75, 3.05) is 45.1 Å². The Kier molecular flexibility index (Phi) is 5.08. The number of hydrogen-bond acceptors (Lipinski definition) is 3. The largest absolute Gasteiger partial charge is 0.342 e. The van der Waals surface area contributed by atoms with Crippen LogP contribution in [0.2, 0.25) is 0 Å². The number of nitrogens with zero attached hydrogens (tertiary/aromatic N) is 3. The molecule has 1 aromatic carbocycles. The number of carbonyl (C=O) groups is 2. The van der Waals surface area contributed by atoms with Gasteiger partial charge in [-0.1, -0.05) is 18.2 Å². The van der Waals surface area contributed by atoms with E-state index in [-0.39, 0.29) is 17.5 Å². The fourth-order valence-electron chi connectivity index (χ4n) is 4.40. The Labute approximate surface area is 161 Å². The smallest absolute Gasteiger partial charge is 0.321 e. The quantitative estimate of drug-likeness (QED) is 0.890. The lowest BCUT2D eigenvalue weighted by Crippen LogP contribution is -2.62. The van der Waals surface area contributed by atoms with Crippen LogP contribution in [0.5, 0.6) is 0 Å². The Balaban J connectivity index is 1.43. The first-order valence-electron chi connectivity index (χ1n) is 10.2. The number of benzene rings is 1. The molecule has 4 rings (SSSR count). The first-order chi connectivity index (χ1) is 13.1. The molecule has 1 aromatic rings. The molecule has 6 heteroatoms. The van der Waals surface area contributed by atoms with Crippen molar-refractivity contribution >= 4 is 17.6 Å². The van der Waals surface area contributed by atoms with E-state index in [1.807, 2.05) is 35.2 Å². The van der Waals surface area contributed by atoms with Crippen LogP contribution in [0.25, 0.3) is 0 Å². The summed E-state index contributed by atoms with van der Waals surface area (Å²) >= 11 is 0. The molecule has 0 radical (unpaired) electrons. The van der Waals surface area contributed by atoms with E-state index in [0.717, 1.165) is 50.6 Å². The third kappa shape index (κ3) is 4.10. The number of piperazine rings is 1. The van der Waals surface area contributed by atoms with E-state index >= 15 is 0 Å². The summed E-state index contributed by atoms with van der Waals surface area (Å²) in [5.74, 6) is 1.01. The summed E-state index contributed by atoms with van der Waals surface area (Å²) in [6.45, 7) is 3.99. The summed E-state index contributed by atoms with van der Waals surface area (Å²) in [5, 5.41) is 3.01. The summed E-state index contributed by atoms with van der Waals surface area (Å²) in [5.41, 5.74) is 0.724. The van der Waals surface area contributed by atoms with Gasteiger partial charge in [0.2, 0.25) is 5.91 Å². The molecule has 1 aliphatic carbocycles. The predicted octanol–water partition coefficient (Wildman–Crippen LogP) is 2.63. The zero-order chi connectivity index (χ0) is 18.9. The molecule has 0 bridgehead atoms. The van der Waals surface area contributed by atoms with Crippen LogP contribution in [0.15, 0.2) is 30.3 Å². The number of amides is 3. The second-order valence-corrected chi connectivity index (χ2v) is 8.40. The Morgan fingerprint density at radius 1 is 1.15 bits per heavy atom. The van der Waals surface area contributed by atoms with E-state index in [1.165, 1.54) is 12.8 Å². The van der Waals surface area contributed by atoms with E-state index in [2.05, 4.69) is 22.2 Å². The maximum atomic E-state index is 12.8. The molecule has 1 unspecified atom stereocenters. The normalized spacial score (nSPS) is 26.9. The summed E-state index contributed by atoms with van der Waals surface area (Å²) in [6, 6.07) is 9.56. The van der Waals surface area contributed by atoms with Crippen molar-refractivity contribution in [1.29, 1.82) is 0 Å². The summed E-state index contributed by atoms with van der Waals surface area (Å²) in [7, 11) is 2.15. The molecule has 3 aliphatic rings. The molecule has 1 N–H and O–H groups in total. The number of rotatable bonds is 3. The minimum Gasteiger partial charge on any atom is -0.342 e. The van der Waals surface area contributed by atoms with Crippen LogP contribution in [0.1, 0.15) is 32.1 Å². The van der Waals surface area contributed by atoms with Gasteiger partial charge in [0.25, 0.3) is 0 Å². The van der Waals surface area contributed by atoms with Crippen molar-refractivity contribution in [3.63, 3.8) is 0 Å². The third-order valence-corrected chi connectivity index (χ3v) is 6.49. The van der Waals surface area contributed by atoms with Crippen molar-refractivity contribution < 1.29 is 9.59 Å². The highest BCUT2D eigenvalue weighted by atomic mass is 16.2. The number of likely N-dealkylation sites (tertiary alicyclic amines) is 1. The molecule has 3 amide bonds. The molecule has 0 aromatic heterocycles. The second-order valence-electron chi connectivity index (χ2n) is 8.40. The first-order valence-corrected chi connectivity index (χ1v) is 10.2. The molecule has 2 aliphatic heterocycles. The van der Waals surface area contributed by atoms with Gasteiger partial charge in [-0.25, -0.2) is 4.79 Å². The molecule has 2 saturated heterocycles. The molecule has 1 saturated carbocycles. The fourth-order valence-corrected chi connectivity index (χ4v) is 4.40.